The van der Waals surface area contributed by atoms with Gasteiger partial charge in [0.25, 0.3) is 0 Å². The number of nitrogens with one attached hydrogen (secondary N) is 1. The summed E-state index contributed by atoms with van der Waals surface area (Å²) in [4.78, 5) is 17.3. The summed E-state index contributed by atoms with van der Waals surface area (Å²) < 4.78 is 29.2. The molecule has 7 nitrogen and oxygen atoms in total. The second-order valence-electron chi connectivity index (χ2n) is 7.91. The molecule has 1 aliphatic carbocycles. The van der Waals surface area contributed by atoms with Crippen LogP contribution in [-0.4, -0.2) is 47.3 Å². The highest BCUT2D eigenvalue weighted by molar-refractivity contribution is 7.89. The van der Waals surface area contributed by atoms with Gasteiger partial charge in [0.1, 0.15) is 5.82 Å². The molecule has 0 unspecified atom stereocenters. The Kier molecular flexibility index (Phi) is 7.52. The van der Waals surface area contributed by atoms with Gasteiger partial charge >= 0.3 is 0 Å². The van der Waals surface area contributed by atoms with Gasteiger partial charge in [0.05, 0.1) is 15.9 Å². The minimum Gasteiger partial charge on any atom is -0.353 e. The second-order valence-corrected chi connectivity index (χ2v) is 9.85. The van der Waals surface area contributed by atoms with E-state index >= 15 is 0 Å². The second kappa shape index (κ2) is 9.92. The van der Waals surface area contributed by atoms with Crippen LogP contribution in [0.1, 0.15) is 65.1 Å². The minimum absolute atomic E-state index is 0.0707. The first kappa shape index (κ1) is 22.7. The lowest BCUT2D eigenvalue weighted by Crippen LogP contribution is -2.36. The van der Waals surface area contributed by atoms with Gasteiger partial charge in [-0.1, -0.05) is 33.1 Å². The number of hydrogen-bond acceptors (Lipinski definition) is 4. The fourth-order valence-corrected chi connectivity index (χ4v) is 5.83. The maximum absolute atomic E-state index is 12.8. The summed E-state index contributed by atoms with van der Waals surface area (Å²) in [6.45, 7) is 7.29. The third-order valence-corrected chi connectivity index (χ3v) is 8.05. The number of amides is 1. The molecule has 0 spiro atoms. The molecule has 1 aromatic carbocycles. The maximum atomic E-state index is 12.8. The third-order valence-electron chi connectivity index (χ3n) is 6.00. The standard InChI is InChI=1S/C22H34N4O3S/c1-4-25(5-2)30(28,29)18-12-13-20-19(16-18)24-21(26(20)6-3)14-15-22(27)23-17-10-8-7-9-11-17/h12-13,16-17H,4-11,14-15H2,1-3H3,(H,23,27). The van der Waals surface area contributed by atoms with E-state index in [1.807, 2.05) is 26.8 Å². The Balaban J connectivity index is 1.77. The first-order valence-electron chi connectivity index (χ1n) is 11.2. The molecule has 1 N–H and O–H groups in total. The van der Waals surface area contributed by atoms with E-state index in [1.54, 1.807) is 12.1 Å². The van der Waals surface area contributed by atoms with Gasteiger partial charge in [0.2, 0.25) is 15.9 Å². The average molecular weight is 435 g/mol. The van der Waals surface area contributed by atoms with E-state index in [0.717, 1.165) is 30.7 Å². The number of carbonyl (C=O) groups is 1. The molecular formula is C22H34N4O3S. The molecule has 8 heteroatoms. The summed E-state index contributed by atoms with van der Waals surface area (Å²) in [5, 5.41) is 3.15. The van der Waals surface area contributed by atoms with E-state index in [1.165, 1.54) is 23.6 Å². The molecule has 2 aromatic rings. The molecule has 3 rings (SSSR count). The number of hydrogen-bond donors (Lipinski definition) is 1. The fourth-order valence-electron chi connectivity index (χ4n) is 4.35. The molecule has 0 aliphatic heterocycles. The zero-order valence-corrected chi connectivity index (χ0v) is 19.2. The number of aromatic nitrogens is 2. The smallest absolute Gasteiger partial charge is 0.243 e. The average Bonchev–Trinajstić information content (AvgIpc) is 3.10. The number of imidazole rings is 1. The van der Waals surface area contributed by atoms with Gasteiger partial charge in [0, 0.05) is 38.5 Å². The number of nitrogens with zero attached hydrogens (tertiary/aromatic N) is 3. The van der Waals surface area contributed by atoms with Crippen LogP contribution in [0.3, 0.4) is 0 Å². The zero-order valence-electron chi connectivity index (χ0n) is 18.4. The minimum atomic E-state index is -3.53. The van der Waals surface area contributed by atoms with E-state index < -0.39 is 10.0 Å². The number of fused-ring (bicyclic) bond motifs is 1. The molecule has 166 valence electrons. The predicted octanol–water partition coefficient (Wildman–Crippen LogP) is 3.47. The summed E-state index contributed by atoms with van der Waals surface area (Å²) in [5.74, 6) is 0.894. The first-order valence-corrected chi connectivity index (χ1v) is 12.6. The molecular weight excluding hydrogens is 400 g/mol. The Morgan fingerprint density at radius 3 is 2.50 bits per heavy atom. The van der Waals surface area contributed by atoms with Gasteiger partial charge in [0.15, 0.2) is 0 Å². The summed E-state index contributed by atoms with van der Waals surface area (Å²) in [5.41, 5.74) is 1.56. The Morgan fingerprint density at radius 2 is 1.87 bits per heavy atom. The van der Waals surface area contributed by atoms with Gasteiger partial charge in [-0.05, 0) is 38.0 Å². The maximum Gasteiger partial charge on any atom is 0.243 e. The van der Waals surface area contributed by atoms with E-state index in [2.05, 4.69) is 14.9 Å². The topological polar surface area (TPSA) is 84.3 Å². The van der Waals surface area contributed by atoms with Crippen LogP contribution in [0.5, 0.6) is 0 Å². The highest BCUT2D eigenvalue weighted by Crippen LogP contribution is 2.24. The Labute approximate surface area is 179 Å². The Hall–Kier alpha value is -1.93. The van der Waals surface area contributed by atoms with Crippen LogP contribution in [0.2, 0.25) is 0 Å². The van der Waals surface area contributed by atoms with Crippen LogP contribution in [-0.2, 0) is 27.8 Å². The number of aryl methyl sites for hydroxylation is 2. The van der Waals surface area contributed by atoms with Gasteiger partial charge in [-0.25, -0.2) is 13.4 Å². The van der Waals surface area contributed by atoms with E-state index in [-0.39, 0.29) is 10.8 Å². The van der Waals surface area contributed by atoms with Crippen LogP contribution >= 0.6 is 0 Å². The van der Waals surface area contributed by atoms with Crippen LogP contribution in [0.25, 0.3) is 11.0 Å². The SMILES string of the molecule is CCN(CC)S(=O)(=O)c1ccc2c(c1)nc(CCC(=O)NC1CCCCC1)n2CC. The molecule has 1 saturated carbocycles. The van der Waals surface area contributed by atoms with E-state index in [0.29, 0.717) is 37.5 Å². The molecule has 1 fully saturated rings. The summed E-state index contributed by atoms with van der Waals surface area (Å²) in [6.07, 6.45) is 6.72. The van der Waals surface area contributed by atoms with Crippen LogP contribution < -0.4 is 5.32 Å². The van der Waals surface area contributed by atoms with Gasteiger partial charge in [-0.15, -0.1) is 0 Å². The van der Waals surface area contributed by atoms with Crippen LogP contribution in [0.4, 0.5) is 0 Å². The lowest BCUT2D eigenvalue weighted by Gasteiger charge is -2.22. The van der Waals surface area contributed by atoms with Gasteiger partial charge < -0.3 is 9.88 Å². The molecule has 0 radical (unpaired) electrons. The van der Waals surface area contributed by atoms with E-state index in [4.69, 9.17) is 0 Å². The Morgan fingerprint density at radius 1 is 1.17 bits per heavy atom. The predicted molar refractivity (Wildman–Crippen MR) is 119 cm³/mol. The zero-order chi connectivity index (χ0) is 21.7. The lowest BCUT2D eigenvalue weighted by atomic mass is 9.95. The number of rotatable bonds is 9. The van der Waals surface area contributed by atoms with Crippen molar-refractivity contribution in [1.82, 2.24) is 19.2 Å². The summed E-state index contributed by atoms with van der Waals surface area (Å²) in [6, 6.07) is 5.45. The number of carbonyl (C=O) groups excluding carboxylic acids is 1. The third kappa shape index (κ3) is 4.86. The van der Waals surface area contributed by atoms with E-state index in [9.17, 15) is 13.2 Å². The molecule has 1 heterocycles. The molecule has 1 aromatic heterocycles. The van der Waals surface area contributed by atoms with Gasteiger partial charge in [-0.2, -0.15) is 4.31 Å². The van der Waals surface area contributed by atoms with Crippen LogP contribution in [0.15, 0.2) is 23.1 Å². The van der Waals surface area contributed by atoms with Gasteiger partial charge in [-0.3, -0.25) is 4.79 Å². The molecule has 0 bridgehead atoms. The van der Waals surface area contributed by atoms with Crippen molar-refractivity contribution in [2.45, 2.75) is 83.2 Å². The number of sulfonamides is 1. The highest BCUT2D eigenvalue weighted by Gasteiger charge is 2.23. The van der Waals surface area contributed by atoms with Crippen molar-refractivity contribution in [3.8, 4) is 0 Å². The Bertz CT molecular complexity index is 974. The van der Waals surface area contributed by atoms with Crippen molar-refractivity contribution in [2.75, 3.05) is 13.1 Å². The fraction of sp³-hybridized carbons (Fsp3) is 0.636. The number of benzene rings is 1. The largest absolute Gasteiger partial charge is 0.353 e. The van der Waals surface area contributed by atoms with Crippen LogP contribution in [0, 0.1) is 0 Å². The molecule has 0 atom stereocenters. The van der Waals surface area contributed by atoms with Crippen molar-refractivity contribution in [2.24, 2.45) is 0 Å². The lowest BCUT2D eigenvalue weighted by molar-refractivity contribution is -0.122. The summed E-state index contributed by atoms with van der Waals surface area (Å²) >= 11 is 0. The van der Waals surface area contributed by atoms with Crippen molar-refractivity contribution in [3.63, 3.8) is 0 Å². The van der Waals surface area contributed by atoms with Crippen molar-refractivity contribution < 1.29 is 13.2 Å². The van der Waals surface area contributed by atoms with Crippen molar-refractivity contribution in [1.29, 1.82) is 0 Å². The van der Waals surface area contributed by atoms with Crippen molar-refractivity contribution >= 4 is 27.0 Å². The monoisotopic (exact) mass is 434 g/mol. The first-order chi connectivity index (χ1) is 14.4. The quantitative estimate of drug-likeness (QED) is 0.655. The van der Waals surface area contributed by atoms with Crippen molar-refractivity contribution in [3.05, 3.63) is 24.0 Å². The molecule has 1 amide bonds. The molecule has 30 heavy (non-hydrogen) atoms. The summed E-state index contributed by atoms with van der Waals surface area (Å²) in [7, 11) is -3.53. The molecule has 0 saturated heterocycles. The highest BCUT2D eigenvalue weighted by atomic mass is 32.2. The molecule has 1 aliphatic rings. The normalized spacial score (nSPS) is 15.7.